The van der Waals surface area contributed by atoms with Gasteiger partial charge in [0.2, 0.25) is 11.8 Å². The van der Waals surface area contributed by atoms with Crippen molar-refractivity contribution in [1.82, 2.24) is 15.6 Å². The largest absolute Gasteiger partial charge is 0.370 e. The zero-order valence-electron chi connectivity index (χ0n) is 15.6. The summed E-state index contributed by atoms with van der Waals surface area (Å²) in [5.74, 6) is -1.70. The minimum Gasteiger partial charge on any atom is -0.370 e. The molecule has 0 aliphatic heterocycles. The summed E-state index contributed by atoms with van der Waals surface area (Å²) < 4.78 is 0. The molecule has 148 valence electrons. The minimum atomic E-state index is -1.02. The number of nitrogens with two attached hydrogens (primary N) is 3. The molecule has 0 aliphatic rings. The predicted octanol–water partition coefficient (Wildman–Crippen LogP) is -0.320. The third-order valence-electron chi connectivity index (χ3n) is 3.03. The zero-order valence-corrected chi connectivity index (χ0v) is 16.4. The smallest absolute Gasteiger partial charge is 0.271 e. The van der Waals surface area contributed by atoms with Crippen molar-refractivity contribution >= 4 is 29.1 Å². The van der Waals surface area contributed by atoms with Gasteiger partial charge in [-0.15, -0.1) is 11.3 Å². The highest BCUT2D eigenvalue weighted by molar-refractivity contribution is 7.13. The van der Waals surface area contributed by atoms with Gasteiger partial charge in [-0.3, -0.25) is 14.4 Å². The Labute approximate surface area is 162 Å². The SMILES string of the molecule is CN.CN.CNC(=O)[C@H](CC(N)=O)NC(=O)c1csc(-c2ccccc2)n1. The first kappa shape index (κ1) is 24.2. The summed E-state index contributed by atoms with van der Waals surface area (Å²) in [6, 6.07) is 8.41. The molecule has 0 saturated carbocycles. The number of hydrogen-bond donors (Lipinski definition) is 5. The van der Waals surface area contributed by atoms with Crippen LogP contribution in [0.5, 0.6) is 0 Å². The number of thiazole rings is 1. The van der Waals surface area contributed by atoms with Gasteiger partial charge in [-0.05, 0) is 14.1 Å². The van der Waals surface area contributed by atoms with Crippen LogP contribution in [0.25, 0.3) is 10.6 Å². The molecule has 0 radical (unpaired) electrons. The van der Waals surface area contributed by atoms with E-state index in [2.05, 4.69) is 27.1 Å². The monoisotopic (exact) mass is 394 g/mol. The second-order valence-electron chi connectivity index (χ2n) is 4.71. The number of primary amides is 1. The fraction of sp³-hybridized carbons (Fsp3) is 0.294. The topological polar surface area (TPSA) is 166 Å². The first-order valence-corrected chi connectivity index (χ1v) is 8.86. The first-order valence-electron chi connectivity index (χ1n) is 7.98. The number of amides is 3. The Kier molecular flexibility index (Phi) is 12.0. The summed E-state index contributed by atoms with van der Waals surface area (Å²) in [5, 5.41) is 7.15. The molecule has 1 heterocycles. The van der Waals surface area contributed by atoms with Crippen LogP contribution in [0.15, 0.2) is 35.7 Å². The number of aromatic nitrogens is 1. The maximum absolute atomic E-state index is 12.2. The van der Waals surface area contributed by atoms with E-state index in [0.717, 1.165) is 5.56 Å². The van der Waals surface area contributed by atoms with Gasteiger partial charge in [-0.25, -0.2) is 4.98 Å². The van der Waals surface area contributed by atoms with Crippen molar-refractivity contribution < 1.29 is 14.4 Å². The van der Waals surface area contributed by atoms with E-state index in [0.29, 0.717) is 5.01 Å². The summed E-state index contributed by atoms with van der Waals surface area (Å²) >= 11 is 1.32. The molecule has 10 heteroatoms. The number of carbonyl (C=O) groups is 3. The van der Waals surface area contributed by atoms with Gasteiger partial charge >= 0.3 is 0 Å². The van der Waals surface area contributed by atoms with Crippen LogP contribution in [0.3, 0.4) is 0 Å². The normalized spacial score (nSPS) is 10.3. The average Bonchev–Trinajstić information content (AvgIpc) is 3.20. The summed E-state index contributed by atoms with van der Waals surface area (Å²) in [5.41, 5.74) is 15.2. The molecule has 0 fully saturated rings. The Hall–Kier alpha value is -2.82. The maximum atomic E-state index is 12.2. The Balaban J connectivity index is 0.00000158. The standard InChI is InChI=1S/C15H16N4O3S.2CH5N/c1-17-13(21)10(7-12(16)20)18-14(22)11-8-23-15(19-11)9-5-3-2-4-6-9;2*1-2/h2-6,8,10H,7H2,1H3,(H2,16,20)(H,17,21)(H,18,22);2*2H2,1H3/t10-;;/m0../s1. The lowest BCUT2D eigenvalue weighted by molar-refractivity contribution is -0.126. The van der Waals surface area contributed by atoms with Crippen LogP contribution < -0.4 is 27.8 Å². The van der Waals surface area contributed by atoms with Gasteiger partial charge in [0, 0.05) is 18.0 Å². The van der Waals surface area contributed by atoms with Gasteiger partial charge in [-0.1, -0.05) is 30.3 Å². The van der Waals surface area contributed by atoms with Crippen LogP contribution in [0.2, 0.25) is 0 Å². The Morgan fingerprint density at radius 1 is 1.11 bits per heavy atom. The highest BCUT2D eigenvalue weighted by Gasteiger charge is 2.23. The van der Waals surface area contributed by atoms with E-state index in [9.17, 15) is 14.4 Å². The van der Waals surface area contributed by atoms with Gasteiger partial charge in [-0.2, -0.15) is 0 Å². The van der Waals surface area contributed by atoms with Crippen molar-refractivity contribution in [1.29, 1.82) is 0 Å². The van der Waals surface area contributed by atoms with Gasteiger partial charge in [0.15, 0.2) is 0 Å². The molecule has 0 unspecified atom stereocenters. The fourth-order valence-electron chi connectivity index (χ4n) is 1.91. The molecule has 9 nitrogen and oxygen atoms in total. The number of carbonyl (C=O) groups excluding carboxylic acids is 3. The molecule has 2 rings (SSSR count). The molecule has 8 N–H and O–H groups in total. The molecule has 1 aromatic carbocycles. The lowest BCUT2D eigenvalue weighted by Gasteiger charge is -2.14. The number of benzene rings is 1. The van der Waals surface area contributed by atoms with Gasteiger partial charge in [0.05, 0.1) is 6.42 Å². The summed E-state index contributed by atoms with van der Waals surface area (Å²) in [6.45, 7) is 0. The number of nitrogens with one attached hydrogen (secondary N) is 2. The second-order valence-corrected chi connectivity index (χ2v) is 5.57. The Morgan fingerprint density at radius 3 is 2.22 bits per heavy atom. The summed E-state index contributed by atoms with van der Waals surface area (Å²) in [6.07, 6.45) is -0.277. The molecule has 1 aromatic heterocycles. The van der Waals surface area contributed by atoms with Crippen molar-refractivity contribution in [2.24, 2.45) is 17.2 Å². The first-order chi connectivity index (χ1) is 13.0. The molecule has 1 atom stereocenters. The lowest BCUT2D eigenvalue weighted by atomic mass is 10.2. The maximum Gasteiger partial charge on any atom is 0.271 e. The molecule has 0 bridgehead atoms. The van der Waals surface area contributed by atoms with Crippen LogP contribution in [-0.4, -0.2) is 49.9 Å². The molecule has 27 heavy (non-hydrogen) atoms. The van der Waals surface area contributed by atoms with Crippen LogP contribution >= 0.6 is 11.3 Å². The molecular formula is C17H26N6O3S. The summed E-state index contributed by atoms with van der Waals surface area (Å²) in [7, 11) is 4.42. The van der Waals surface area contributed by atoms with Gasteiger partial charge in [0.25, 0.3) is 5.91 Å². The molecule has 0 saturated heterocycles. The number of rotatable bonds is 6. The van der Waals surface area contributed by atoms with Gasteiger partial charge < -0.3 is 27.8 Å². The van der Waals surface area contributed by atoms with E-state index in [1.807, 2.05) is 30.3 Å². The molecular weight excluding hydrogens is 368 g/mol. The fourth-order valence-corrected chi connectivity index (χ4v) is 2.71. The Morgan fingerprint density at radius 2 is 1.70 bits per heavy atom. The zero-order chi connectivity index (χ0) is 20.8. The van der Waals surface area contributed by atoms with E-state index in [4.69, 9.17) is 5.73 Å². The molecule has 0 aliphatic carbocycles. The van der Waals surface area contributed by atoms with Crippen LogP contribution in [0.1, 0.15) is 16.9 Å². The van der Waals surface area contributed by atoms with Crippen LogP contribution in [-0.2, 0) is 9.59 Å². The van der Waals surface area contributed by atoms with Crippen molar-refractivity contribution in [3.05, 3.63) is 41.4 Å². The van der Waals surface area contributed by atoms with E-state index < -0.39 is 23.8 Å². The third-order valence-corrected chi connectivity index (χ3v) is 3.92. The third kappa shape index (κ3) is 7.94. The van der Waals surface area contributed by atoms with Crippen molar-refractivity contribution in [3.63, 3.8) is 0 Å². The summed E-state index contributed by atoms with van der Waals surface area (Å²) in [4.78, 5) is 39.2. The number of hydrogen-bond acceptors (Lipinski definition) is 7. The number of likely N-dealkylation sites (N-methyl/N-ethyl adjacent to an activating group) is 1. The second kappa shape index (κ2) is 13.4. The molecule has 2 aromatic rings. The molecule has 3 amide bonds. The predicted molar refractivity (Wildman–Crippen MR) is 107 cm³/mol. The van der Waals surface area contributed by atoms with Crippen molar-refractivity contribution in [3.8, 4) is 10.6 Å². The van der Waals surface area contributed by atoms with Crippen molar-refractivity contribution in [2.75, 3.05) is 21.1 Å². The lowest BCUT2D eigenvalue weighted by Crippen LogP contribution is -2.47. The minimum absolute atomic E-state index is 0.187. The average molecular weight is 395 g/mol. The molecule has 0 spiro atoms. The highest BCUT2D eigenvalue weighted by Crippen LogP contribution is 2.23. The Bertz CT molecular complexity index is 720. The van der Waals surface area contributed by atoms with E-state index >= 15 is 0 Å². The highest BCUT2D eigenvalue weighted by atomic mass is 32.1. The van der Waals surface area contributed by atoms with Gasteiger partial charge in [0.1, 0.15) is 16.7 Å². The van der Waals surface area contributed by atoms with E-state index in [1.165, 1.54) is 32.5 Å². The number of nitrogens with zero attached hydrogens (tertiary/aromatic N) is 1. The van der Waals surface area contributed by atoms with Crippen molar-refractivity contribution in [2.45, 2.75) is 12.5 Å². The quantitative estimate of drug-likeness (QED) is 0.450. The van der Waals surface area contributed by atoms with E-state index in [1.54, 1.807) is 5.38 Å². The van der Waals surface area contributed by atoms with Crippen LogP contribution in [0, 0.1) is 0 Å². The van der Waals surface area contributed by atoms with E-state index in [-0.39, 0.29) is 12.1 Å². The van der Waals surface area contributed by atoms with Crippen LogP contribution in [0.4, 0.5) is 0 Å².